The highest BCUT2D eigenvalue weighted by Crippen LogP contribution is 2.20. The van der Waals surface area contributed by atoms with Crippen LogP contribution in [0.1, 0.15) is 10.4 Å². The SMILES string of the molecule is CN(C)c1ccc(-c2cc(C(=O)O)c(=O)[nH]n2)cc1. The molecule has 0 aliphatic heterocycles. The Morgan fingerprint density at radius 3 is 2.42 bits per heavy atom. The molecule has 2 N–H and O–H groups in total. The minimum atomic E-state index is -1.27. The van der Waals surface area contributed by atoms with E-state index in [1.54, 1.807) is 0 Å². The average molecular weight is 259 g/mol. The van der Waals surface area contributed by atoms with E-state index in [1.807, 2.05) is 43.3 Å². The number of carboxylic acids is 1. The Kier molecular flexibility index (Phi) is 3.33. The highest BCUT2D eigenvalue weighted by Gasteiger charge is 2.11. The van der Waals surface area contributed by atoms with E-state index in [0.29, 0.717) is 5.69 Å². The van der Waals surface area contributed by atoms with E-state index < -0.39 is 11.5 Å². The van der Waals surface area contributed by atoms with Gasteiger partial charge in [-0.25, -0.2) is 9.89 Å². The van der Waals surface area contributed by atoms with Crippen LogP contribution in [0.3, 0.4) is 0 Å². The van der Waals surface area contributed by atoms with Gasteiger partial charge in [-0.05, 0) is 18.2 Å². The Bertz CT molecular complexity index is 660. The smallest absolute Gasteiger partial charge is 0.341 e. The second-order valence-corrected chi connectivity index (χ2v) is 4.24. The Morgan fingerprint density at radius 1 is 1.26 bits per heavy atom. The molecule has 0 saturated carbocycles. The Hall–Kier alpha value is -2.63. The number of H-pyrrole nitrogens is 1. The van der Waals surface area contributed by atoms with Crippen LogP contribution in [0.5, 0.6) is 0 Å². The first-order valence-electron chi connectivity index (χ1n) is 5.60. The average Bonchev–Trinajstić information content (AvgIpc) is 2.39. The van der Waals surface area contributed by atoms with Crippen molar-refractivity contribution in [3.63, 3.8) is 0 Å². The molecule has 6 nitrogen and oxygen atoms in total. The van der Waals surface area contributed by atoms with Crippen molar-refractivity contribution in [2.75, 3.05) is 19.0 Å². The number of carbonyl (C=O) groups is 1. The van der Waals surface area contributed by atoms with Crippen LogP contribution in [0.25, 0.3) is 11.3 Å². The van der Waals surface area contributed by atoms with Gasteiger partial charge in [0.25, 0.3) is 5.56 Å². The summed E-state index contributed by atoms with van der Waals surface area (Å²) < 4.78 is 0. The van der Waals surface area contributed by atoms with E-state index >= 15 is 0 Å². The van der Waals surface area contributed by atoms with Gasteiger partial charge in [0.15, 0.2) is 0 Å². The summed E-state index contributed by atoms with van der Waals surface area (Å²) in [4.78, 5) is 24.1. The standard InChI is InChI=1S/C13H13N3O3/c1-16(2)9-5-3-8(4-6-9)11-7-10(13(18)19)12(17)15-14-11/h3-7H,1-2H3,(H,15,17)(H,18,19). The van der Waals surface area contributed by atoms with Crippen molar-refractivity contribution < 1.29 is 9.90 Å². The fraction of sp³-hybridized carbons (Fsp3) is 0.154. The van der Waals surface area contributed by atoms with Crippen molar-refractivity contribution in [1.82, 2.24) is 10.2 Å². The molecule has 0 bridgehead atoms. The summed E-state index contributed by atoms with van der Waals surface area (Å²) in [5, 5.41) is 14.9. The number of carboxylic acid groups (broad SMARTS) is 1. The summed E-state index contributed by atoms with van der Waals surface area (Å²) in [6.07, 6.45) is 0. The molecule has 0 saturated heterocycles. The van der Waals surface area contributed by atoms with Crippen LogP contribution in [0.15, 0.2) is 35.1 Å². The third kappa shape index (κ3) is 2.62. The molecule has 6 heteroatoms. The third-order valence-electron chi connectivity index (χ3n) is 2.71. The van der Waals surface area contributed by atoms with E-state index in [9.17, 15) is 9.59 Å². The zero-order chi connectivity index (χ0) is 14.0. The number of nitrogens with one attached hydrogen (secondary N) is 1. The molecular weight excluding hydrogens is 246 g/mol. The minimum Gasteiger partial charge on any atom is -0.477 e. The van der Waals surface area contributed by atoms with E-state index in [2.05, 4.69) is 10.2 Å². The zero-order valence-electron chi connectivity index (χ0n) is 10.5. The summed E-state index contributed by atoms with van der Waals surface area (Å²) in [6, 6.07) is 8.69. The van der Waals surface area contributed by atoms with Crippen molar-refractivity contribution in [2.24, 2.45) is 0 Å². The summed E-state index contributed by atoms with van der Waals surface area (Å²) in [6.45, 7) is 0. The lowest BCUT2D eigenvalue weighted by Gasteiger charge is -2.12. The van der Waals surface area contributed by atoms with Gasteiger partial charge in [0.2, 0.25) is 0 Å². The lowest BCUT2D eigenvalue weighted by Crippen LogP contribution is -2.18. The fourth-order valence-electron chi connectivity index (χ4n) is 1.64. The fourth-order valence-corrected chi connectivity index (χ4v) is 1.64. The molecule has 2 aromatic rings. The molecule has 0 aliphatic carbocycles. The van der Waals surface area contributed by atoms with Crippen molar-refractivity contribution in [2.45, 2.75) is 0 Å². The normalized spacial score (nSPS) is 10.2. The number of anilines is 1. The monoisotopic (exact) mass is 259 g/mol. The van der Waals surface area contributed by atoms with Crippen LogP contribution >= 0.6 is 0 Å². The van der Waals surface area contributed by atoms with E-state index in [4.69, 9.17) is 5.11 Å². The van der Waals surface area contributed by atoms with Gasteiger partial charge in [-0.2, -0.15) is 5.10 Å². The summed E-state index contributed by atoms with van der Waals surface area (Å²) in [5.41, 5.74) is 1.15. The third-order valence-corrected chi connectivity index (χ3v) is 2.71. The number of hydrogen-bond donors (Lipinski definition) is 2. The van der Waals surface area contributed by atoms with Crippen molar-refractivity contribution in [3.8, 4) is 11.3 Å². The first-order chi connectivity index (χ1) is 8.99. The highest BCUT2D eigenvalue weighted by molar-refractivity contribution is 5.88. The highest BCUT2D eigenvalue weighted by atomic mass is 16.4. The van der Waals surface area contributed by atoms with Crippen molar-refractivity contribution in [3.05, 3.63) is 46.2 Å². The lowest BCUT2D eigenvalue weighted by atomic mass is 10.1. The maximum Gasteiger partial charge on any atom is 0.341 e. The first-order valence-corrected chi connectivity index (χ1v) is 5.60. The van der Waals surface area contributed by atoms with Gasteiger partial charge in [-0.1, -0.05) is 12.1 Å². The van der Waals surface area contributed by atoms with Gasteiger partial charge in [0, 0.05) is 25.3 Å². The van der Waals surface area contributed by atoms with Crippen LogP contribution in [-0.2, 0) is 0 Å². The van der Waals surface area contributed by atoms with Crippen molar-refractivity contribution >= 4 is 11.7 Å². The van der Waals surface area contributed by atoms with Crippen molar-refractivity contribution in [1.29, 1.82) is 0 Å². The molecule has 2 rings (SSSR count). The van der Waals surface area contributed by atoms with E-state index in [-0.39, 0.29) is 5.56 Å². The Morgan fingerprint density at radius 2 is 1.89 bits per heavy atom. The number of hydrogen-bond acceptors (Lipinski definition) is 4. The van der Waals surface area contributed by atoms with Gasteiger partial charge in [0.1, 0.15) is 5.56 Å². The molecule has 0 spiro atoms. The second kappa shape index (κ2) is 4.93. The number of benzene rings is 1. The predicted octanol–water partition coefficient (Wildman–Crippen LogP) is 1.20. The number of nitrogens with zero attached hydrogens (tertiary/aromatic N) is 2. The van der Waals surface area contributed by atoms with Crippen LogP contribution in [-0.4, -0.2) is 35.4 Å². The Labute approximate surface area is 109 Å². The minimum absolute atomic E-state index is 0.318. The van der Waals surface area contributed by atoms with Crippen LogP contribution < -0.4 is 10.5 Å². The van der Waals surface area contributed by atoms with Crippen LogP contribution in [0.4, 0.5) is 5.69 Å². The molecule has 1 aromatic heterocycles. The summed E-state index contributed by atoms with van der Waals surface area (Å²) >= 11 is 0. The molecule has 0 unspecified atom stereocenters. The van der Waals surface area contributed by atoms with E-state index in [1.165, 1.54) is 6.07 Å². The molecule has 98 valence electrons. The number of rotatable bonds is 3. The van der Waals surface area contributed by atoms with Gasteiger partial charge >= 0.3 is 5.97 Å². The molecule has 1 aromatic carbocycles. The topological polar surface area (TPSA) is 86.3 Å². The van der Waals surface area contributed by atoms with Gasteiger partial charge in [-0.15, -0.1) is 0 Å². The largest absolute Gasteiger partial charge is 0.477 e. The Balaban J connectivity index is 2.44. The predicted molar refractivity (Wildman–Crippen MR) is 71.6 cm³/mol. The van der Waals surface area contributed by atoms with Crippen LogP contribution in [0, 0.1) is 0 Å². The number of aromatic amines is 1. The molecule has 1 heterocycles. The zero-order valence-corrected chi connectivity index (χ0v) is 10.5. The second-order valence-electron chi connectivity index (χ2n) is 4.24. The molecule has 0 atom stereocenters. The molecular formula is C13H13N3O3. The number of aromatic nitrogens is 2. The quantitative estimate of drug-likeness (QED) is 0.865. The first kappa shape index (κ1) is 12.8. The maximum absolute atomic E-state index is 11.3. The summed E-state index contributed by atoms with van der Waals surface area (Å²) in [7, 11) is 3.85. The molecule has 19 heavy (non-hydrogen) atoms. The summed E-state index contributed by atoms with van der Waals surface area (Å²) in [5.74, 6) is -1.27. The molecule has 0 aliphatic rings. The maximum atomic E-state index is 11.3. The molecule has 0 amide bonds. The lowest BCUT2D eigenvalue weighted by molar-refractivity contribution is 0.0694. The molecule has 0 radical (unpaired) electrons. The van der Waals surface area contributed by atoms with Gasteiger partial charge in [-0.3, -0.25) is 4.79 Å². The van der Waals surface area contributed by atoms with E-state index in [0.717, 1.165) is 11.3 Å². The van der Waals surface area contributed by atoms with Gasteiger partial charge < -0.3 is 10.0 Å². The number of aromatic carboxylic acids is 1. The molecule has 0 fully saturated rings. The van der Waals surface area contributed by atoms with Crippen LogP contribution in [0.2, 0.25) is 0 Å². The van der Waals surface area contributed by atoms with Gasteiger partial charge in [0.05, 0.1) is 5.69 Å².